The molecule has 0 aliphatic rings. The maximum atomic E-state index is 14.4. The molecule has 0 bridgehead atoms. The van der Waals surface area contributed by atoms with Crippen LogP contribution in [0, 0.1) is 5.82 Å². The monoisotopic (exact) mass is 508 g/mol. The van der Waals surface area contributed by atoms with Gasteiger partial charge in [0.1, 0.15) is 0 Å². The van der Waals surface area contributed by atoms with Gasteiger partial charge in [0.2, 0.25) is 0 Å². The molecule has 0 amide bonds. The van der Waals surface area contributed by atoms with E-state index >= 15 is 0 Å². The van der Waals surface area contributed by atoms with Crippen LogP contribution in [0.2, 0.25) is 0 Å². The molecule has 0 unspecified atom stereocenters. The van der Waals surface area contributed by atoms with E-state index in [4.69, 9.17) is 4.74 Å². The van der Waals surface area contributed by atoms with Crippen molar-refractivity contribution < 1.29 is 13.9 Å². The van der Waals surface area contributed by atoms with E-state index in [-0.39, 0.29) is 5.56 Å². The summed E-state index contributed by atoms with van der Waals surface area (Å²) in [5.74, 6) is -1.27. The fourth-order valence-electron chi connectivity index (χ4n) is 4.22. The van der Waals surface area contributed by atoms with E-state index < -0.39 is 17.1 Å². The summed E-state index contributed by atoms with van der Waals surface area (Å²) in [5.41, 5.74) is 0.787. The molecule has 0 atom stereocenters. The van der Waals surface area contributed by atoms with Crippen LogP contribution in [-0.2, 0) is 10.9 Å². The molecule has 0 spiro atoms. The summed E-state index contributed by atoms with van der Waals surface area (Å²) in [6, 6.07) is 35.7. The third-order valence-electron chi connectivity index (χ3n) is 5.80. The Balaban J connectivity index is 2.04. The summed E-state index contributed by atoms with van der Waals surface area (Å²) in [7, 11) is 1.26. The van der Waals surface area contributed by atoms with Crippen LogP contribution in [0.1, 0.15) is 15.9 Å². The van der Waals surface area contributed by atoms with Crippen LogP contribution in [-0.4, -0.2) is 13.1 Å². The van der Waals surface area contributed by atoms with Crippen LogP contribution >= 0.6 is 20.8 Å². The zero-order chi connectivity index (χ0) is 22.6. The summed E-state index contributed by atoms with van der Waals surface area (Å²) in [6.07, 6.45) is 0.563. The van der Waals surface area contributed by atoms with Crippen molar-refractivity contribution in [1.82, 2.24) is 0 Å². The summed E-state index contributed by atoms with van der Waals surface area (Å²) in [6.45, 7) is 0. The Bertz CT molecular complexity index is 1130. The van der Waals surface area contributed by atoms with Gasteiger partial charge in [-0.15, -0.1) is 0 Å². The van der Waals surface area contributed by atoms with E-state index in [1.807, 2.05) is 54.6 Å². The van der Waals surface area contributed by atoms with Crippen LogP contribution < -0.4 is 15.9 Å². The summed E-state index contributed by atoms with van der Waals surface area (Å²) in [4.78, 5) is 12.2. The average molecular weight is 509 g/mol. The Morgan fingerprint density at radius 2 is 1.22 bits per heavy atom. The summed E-state index contributed by atoms with van der Waals surface area (Å²) >= 11 is 4.37. The minimum absolute atomic E-state index is 0.0586. The van der Waals surface area contributed by atoms with Gasteiger partial charge in [-0.05, 0) is 0 Å². The first kappa shape index (κ1) is 22.4. The molecule has 0 heterocycles. The minimum atomic E-state index is -3.23. The first-order valence-corrected chi connectivity index (χ1v) is 14.7. The van der Waals surface area contributed by atoms with E-state index in [0.29, 0.717) is 6.16 Å². The van der Waals surface area contributed by atoms with E-state index in [0.717, 1.165) is 21.5 Å². The number of esters is 1. The van der Waals surface area contributed by atoms with Gasteiger partial charge in [-0.2, -0.15) is 0 Å². The standard InChI is InChI=1S/C27H23BrFO2P/c1-31-27(30)25-19-21(17-18-26(25)29)20-32(28,22-11-5-2-6-12-22,23-13-7-3-8-14-23)24-15-9-4-10-16-24/h2-19H,20H2,1H3. The van der Waals surface area contributed by atoms with Crippen LogP contribution in [0.4, 0.5) is 4.39 Å². The molecule has 0 aliphatic carbocycles. The quantitative estimate of drug-likeness (QED) is 0.237. The van der Waals surface area contributed by atoms with Gasteiger partial charge in [0, 0.05) is 0 Å². The Morgan fingerprint density at radius 1 is 0.781 bits per heavy atom. The van der Waals surface area contributed by atoms with Gasteiger partial charge in [-0.25, -0.2) is 0 Å². The Morgan fingerprint density at radius 3 is 1.62 bits per heavy atom. The number of halogens is 2. The van der Waals surface area contributed by atoms with Crippen molar-refractivity contribution in [1.29, 1.82) is 0 Å². The Labute approximate surface area is 195 Å². The topological polar surface area (TPSA) is 26.3 Å². The van der Waals surface area contributed by atoms with Gasteiger partial charge in [0.15, 0.2) is 0 Å². The van der Waals surface area contributed by atoms with Gasteiger partial charge >= 0.3 is 196 Å². The zero-order valence-corrected chi connectivity index (χ0v) is 20.1. The summed E-state index contributed by atoms with van der Waals surface area (Å²) in [5, 5.41) is 0.226. The molecule has 0 aliphatic heterocycles. The molecule has 0 fully saturated rings. The predicted molar refractivity (Wildman–Crippen MR) is 136 cm³/mol. The van der Waals surface area contributed by atoms with Crippen molar-refractivity contribution in [3.05, 3.63) is 126 Å². The normalized spacial score (nSPS) is 12.5. The van der Waals surface area contributed by atoms with Crippen molar-refractivity contribution in [3.63, 3.8) is 0 Å². The SMILES string of the molecule is COC(=O)c1cc(CP(Br)(c2ccccc2)(c2ccccc2)c2ccccc2)ccc1F. The van der Waals surface area contributed by atoms with Crippen LogP contribution in [0.15, 0.2) is 109 Å². The second kappa shape index (κ2) is 8.97. The van der Waals surface area contributed by atoms with Crippen molar-refractivity contribution in [2.75, 3.05) is 7.11 Å². The van der Waals surface area contributed by atoms with Crippen LogP contribution in [0.3, 0.4) is 0 Å². The zero-order valence-electron chi connectivity index (χ0n) is 17.6. The van der Waals surface area contributed by atoms with E-state index in [1.165, 1.54) is 13.2 Å². The van der Waals surface area contributed by atoms with E-state index in [9.17, 15) is 9.18 Å². The third-order valence-corrected chi connectivity index (χ3v) is 15.3. The number of rotatable bonds is 6. The Hall–Kier alpha value is -2.81. The van der Waals surface area contributed by atoms with Crippen molar-refractivity contribution in [2.24, 2.45) is 0 Å². The van der Waals surface area contributed by atoms with E-state index in [2.05, 4.69) is 51.9 Å². The first-order valence-electron chi connectivity index (χ1n) is 10.2. The predicted octanol–water partition coefficient (Wildman–Crippen LogP) is 5.95. The molecule has 32 heavy (non-hydrogen) atoms. The number of hydrogen-bond acceptors (Lipinski definition) is 2. The number of carbonyl (C=O) groups excluding carboxylic acids is 1. The number of methoxy groups -OCH3 is 1. The number of hydrogen-bond donors (Lipinski definition) is 0. The molecule has 5 heteroatoms. The number of ether oxygens (including phenoxy) is 1. The van der Waals surface area contributed by atoms with Crippen LogP contribution in [0.25, 0.3) is 0 Å². The maximum absolute atomic E-state index is 14.4. The van der Waals surface area contributed by atoms with Gasteiger partial charge in [0.25, 0.3) is 0 Å². The molecule has 0 N–H and O–H groups in total. The Kier molecular flexibility index (Phi) is 6.28. The van der Waals surface area contributed by atoms with Crippen LogP contribution in [0.5, 0.6) is 0 Å². The van der Waals surface area contributed by atoms with E-state index in [1.54, 1.807) is 12.1 Å². The molecule has 4 aromatic rings. The molecular weight excluding hydrogens is 486 g/mol. The van der Waals surface area contributed by atoms with Crippen molar-refractivity contribution >= 4 is 42.7 Å². The molecule has 4 rings (SSSR count). The molecule has 0 saturated heterocycles. The van der Waals surface area contributed by atoms with Gasteiger partial charge < -0.3 is 0 Å². The van der Waals surface area contributed by atoms with Crippen molar-refractivity contribution in [3.8, 4) is 0 Å². The molecule has 0 aromatic heterocycles. The number of benzene rings is 4. The molecule has 0 saturated carbocycles. The second-order valence-electron chi connectivity index (χ2n) is 7.65. The van der Waals surface area contributed by atoms with Crippen molar-refractivity contribution in [2.45, 2.75) is 6.16 Å². The van der Waals surface area contributed by atoms with Gasteiger partial charge in [-0.1, -0.05) is 0 Å². The fraction of sp³-hybridized carbons (Fsp3) is 0.0741. The molecule has 0 radical (unpaired) electrons. The molecule has 4 aromatic carbocycles. The molecule has 162 valence electrons. The second-order valence-corrected chi connectivity index (χ2v) is 16.6. The third kappa shape index (κ3) is 3.79. The fourth-order valence-corrected chi connectivity index (χ4v) is 11.9. The molecular formula is C27H23BrFO2P. The van der Waals surface area contributed by atoms with Gasteiger partial charge in [-0.3, -0.25) is 0 Å². The average Bonchev–Trinajstić information content (AvgIpc) is 2.86. The van der Waals surface area contributed by atoms with Gasteiger partial charge in [0.05, 0.1) is 0 Å². The summed E-state index contributed by atoms with van der Waals surface area (Å²) < 4.78 is 19.2. The molecule has 2 nitrogen and oxygen atoms in total. The number of carbonyl (C=O) groups is 1. The first-order chi connectivity index (χ1) is 15.5.